The second kappa shape index (κ2) is 8.19. The van der Waals surface area contributed by atoms with Crippen LogP contribution in [0.1, 0.15) is 24.3 Å². The van der Waals surface area contributed by atoms with E-state index in [9.17, 15) is 4.79 Å². The van der Waals surface area contributed by atoms with E-state index >= 15 is 0 Å². The van der Waals surface area contributed by atoms with Crippen LogP contribution in [-0.4, -0.2) is 43.1 Å². The summed E-state index contributed by atoms with van der Waals surface area (Å²) in [5.74, 6) is 1.29. The molecule has 1 aromatic carbocycles. The summed E-state index contributed by atoms with van der Waals surface area (Å²) in [5, 5.41) is 3.25. The zero-order valence-corrected chi connectivity index (χ0v) is 14.5. The summed E-state index contributed by atoms with van der Waals surface area (Å²) >= 11 is 0. The molecule has 0 atom stereocenters. The molecule has 0 aliphatic heterocycles. The summed E-state index contributed by atoms with van der Waals surface area (Å²) < 4.78 is 10.6. The van der Waals surface area contributed by atoms with E-state index in [0.29, 0.717) is 30.3 Å². The fourth-order valence-corrected chi connectivity index (χ4v) is 2.36. The van der Waals surface area contributed by atoms with Crippen LogP contribution >= 0.6 is 0 Å². The number of hydrogen-bond donors (Lipinski definition) is 1. The number of hydrogen-bond acceptors (Lipinski definition) is 5. The lowest BCUT2D eigenvalue weighted by molar-refractivity contribution is 0.0767. The Kier molecular flexibility index (Phi) is 6.01. The Morgan fingerprint density at radius 2 is 1.88 bits per heavy atom. The van der Waals surface area contributed by atoms with Crippen LogP contribution in [0.15, 0.2) is 36.5 Å². The second-order valence-electron chi connectivity index (χ2n) is 5.10. The van der Waals surface area contributed by atoms with Crippen LogP contribution in [0.3, 0.4) is 0 Å². The number of nitrogens with one attached hydrogen (secondary N) is 1. The van der Waals surface area contributed by atoms with Crippen molar-refractivity contribution in [3.8, 4) is 11.5 Å². The molecule has 2 rings (SSSR count). The Hall–Kier alpha value is -2.76. The van der Waals surface area contributed by atoms with Gasteiger partial charge in [0.1, 0.15) is 17.2 Å². The highest BCUT2D eigenvalue weighted by molar-refractivity contribution is 5.93. The SMILES string of the molecule is CCN(CC)C(=O)c1cc(Nc2ccc(OC)cc2OC)ccn1. The number of carbonyl (C=O) groups is 1. The van der Waals surface area contributed by atoms with E-state index in [1.165, 1.54) is 0 Å². The molecule has 1 amide bonds. The molecule has 1 aromatic heterocycles. The normalized spacial score (nSPS) is 10.2. The highest BCUT2D eigenvalue weighted by Crippen LogP contribution is 2.31. The van der Waals surface area contributed by atoms with E-state index in [0.717, 1.165) is 11.4 Å². The Bertz CT molecular complexity index is 700. The van der Waals surface area contributed by atoms with Crippen molar-refractivity contribution in [2.24, 2.45) is 0 Å². The molecule has 0 fully saturated rings. The van der Waals surface area contributed by atoms with Crippen molar-refractivity contribution < 1.29 is 14.3 Å². The van der Waals surface area contributed by atoms with Crippen LogP contribution < -0.4 is 14.8 Å². The first-order valence-electron chi connectivity index (χ1n) is 7.87. The molecule has 1 heterocycles. The lowest BCUT2D eigenvalue weighted by Crippen LogP contribution is -2.31. The molecule has 0 radical (unpaired) electrons. The molecule has 0 aliphatic rings. The number of amides is 1. The maximum absolute atomic E-state index is 12.4. The molecule has 2 aromatic rings. The first kappa shape index (κ1) is 17.6. The van der Waals surface area contributed by atoms with Crippen LogP contribution in [0, 0.1) is 0 Å². The lowest BCUT2D eigenvalue weighted by atomic mass is 10.2. The number of methoxy groups -OCH3 is 2. The summed E-state index contributed by atoms with van der Waals surface area (Å²) in [5.41, 5.74) is 1.96. The first-order chi connectivity index (χ1) is 11.6. The quantitative estimate of drug-likeness (QED) is 0.844. The third-order valence-corrected chi connectivity index (χ3v) is 3.72. The van der Waals surface area contributed by atoms with Crippen molar-refractivity contribution in [2.45, 2.75) is 13.8 Å². The summed E-state index contributed by atoms with van der Waals surface area (Å²) in [6.07, 6.45) is 1.62. The van der Waals surface area contributed by atoms with Crippen LogP contribution in [0.4, 0.5) is 11.4 Å². The van der Waals surface area contributed by atoms with Gasteiger partial charge in [-0.15, -0.1) is 0 Å². The highest BCUT2D eigenvalue weighted by Gasteiger charge is 2.14. The Morgan fingerprint density at radius 3 is 2.50 bits per heavy atom. The minimum Gasteiger partial charge on any atom is -0.497 e. The molecule has 0 spiro atoms. The van der Waals surface area contributed by atoms with Crippen LogP contribution in [-0.2, 0) is 0 Å². The van der Waals surface area contributed by atoms with Crippen molar-refractivity contribution in [2.75, 3.05) is 32.6 Å². The van der Waals surface area contributed by atoms with Gasteiger partial charge in [0.2, 0.25) is 0 Å². The summed E-state index contributed by atoms with van der Waals surface area (Å²) in [6.45, 7) is 5.21. The summed E-state index contributed by atoms with van der Waals surface area (Å²) in [7, 11) is 3.21. The van der Waals surface area contributed by atoms with Crippen molar-refractivity contribution in [1.82, 2.24) is 9.88 Å². The number of nitrogens with zero attached hydrogens (tertiary/aromatic N) is 2. The number of benzene rings is 1. The topological polar surface area (TPSA) is 63.7 Å². The fraction of sp³-hybridized carbons (Fsp3) is 0.333. The lowest BCUT2D eigenvalue weighted by Gasteiger charge is -2.18. The minimum atomic E-state index is -0.0784. The van der Waals surface area contributed by atoms with E-state index in [1.807, 2.05) is 32.0 Å². The van der Waals surface area contributed by atoms with Crippen LogP contribution in [0.5, 0.6) is 11.5 Å². The largest absolute Gasteiger partial charge is 0.497 e. The monoisotopic (exact) mass is 329 g/mol. The molecule has 24 heavy (non-hydrogen) atoms. The van der Waals surface area contributed by atoms with Crippen molar-refractivity contribution >= 4 is 17.3 Å². The van der Waals surface area contributed by atoms with Crippen LogP contribution in [0.2, 0.25) is 0 Å². The van der Waals surface area contributed by atoms with Gasteiger partial charge in [0, 0.05) is 31.0 Å². The molecule has 6 nitrogen and oxygen atoms in total. The zero-order chi connectivity index (χ0) is 17.5. The number of carbonyl (C=O) groups excluding carboxylic acids is 1. The van der Waals surface area contributed by atoms with Gasteiger partial charge in [0.05, 0.1) is 19.9 Å². The summed E-state index contributed by atoms with van der Waals surface area (Å²) in [4.78, 5) is 18.3. The molecule has 0 aliphatic carbocycles. The van der Waals surface area contributed by atoms with Gasteiger partial charge >= 0.3 is 0 Å². The average molecular weight is 329 g/mol. The van der Waals surface area contributed by atoms with Gasteiger partial charge in [0.25, 0.3) is 5.91 Å². The van der Waals surface area contributed by atoms with E-state index in [1.54, 1.807) is 37.4 Å². The molecule has 0 saturated heterocycles. The predicted octanol–water partition coefficient (Wildman–Crippen LogP) is 3.32. The Balaban J connectivity index is 2.25. The minimum absolute atomic E-state index is 0.0784. The van der Waals surface area contributed by atoms with E-state index in [-0.39, 0.29) is 5.91 Å². The van der Waals surface area contributed by atoms with Gasteiger partial charge in [-0.3, -0.25) is 9.78 Å². The van der Waals surface area contributed by atoms with Crippen molar-refractivity contribution in [3.63, 3.8) is 0 Å². The molecular weight excluding hydrogens is 306 g/mol. The van der Waals surface area contributed by atoms with Gasteiger partial charge in [-0.05, 0) is 38.1 Å². The first-order valence-corrected chi connectivity index (χ1v) is 7.87. The molecule has 128 valence electrons. The van der Waals surface area contributed by atoms with Gasteiger partial charge in [0.15, 0.2) is 0 Å². The third-order valence-electron chi connectivity index (χ3n) is 3.72. The summed E-state index contributed by atoms with van der Waals surface area (Å²) in [6, 6.07) is 9.05. The number of ether oxygens (including phenoxy) is 2. The molecule has 0 saturated carbocycles. The molecule has 0 unspecified atom stereocenters. The van der Waals surface area contributed by atoms with E-state index in [4.69, 9.17) is 9.47 Å². The van der Waals surface area contributed by atoms with Gasteiger partial charge < -0.3 is 19.7 Å². The standard InChI is InChI=1S/C18H23N3O3/c1-5-21(6-2)18(22)16-11-13(9-10-19-16)20-15-8-7-14(23-3)12-17(15)24-4/h7-12H,5-6H2,1-4H3,(H,19,20). The van der Waals surface area contributed by atoms with E-state index < -0.39 is 0 Å². The molecule has 6 heteroatoms. The second-order valence-corrected chi connectivity index (χ2v) is 5.10. The third kappa shape index (κ3) is 3.95. The fourth-order valence-electron chi connectivity index (χ4n) is 2.36. The van der Waals surface area contributed by atoms with Gasteiger partial charge in [-0.2, -0.15) is 0 Å². The predicted molar refractivity (Wildman–Crippen MR) is 94.3 cm³/mol. The van der Waals surface area contributed by atoms with Crippen molar-refractivity contribution in [1.29, 1.82) is 0 Å². The maximum Gasteiger partial charge on any atom is 0.272 e. The number of anilines is 2. The number of rotatable bonds is 7. The zero-order valence-electron chi connectivity index (χ0n) is 14.5. The van der Waals surface area contributed by atoms with Crippen LogP contribution in [0.25, 0.3) is 0 Å². The van der Waals surface area contributed by atoms with Crippen molar-refractivity contribution in [3.05, 3.63) is 42.2 Å². The average Bonchev–Trinajstić information content (AvgIpc) is 2.63. The van der Waals surface area contributed by atoms with Gasteiger partial charge in [-0.25, -0.2) is 0 Å². The molecular formula is C18H23N3O3. The Morgan fingerprint density at radius 1 is 1.12 bits per heavy atom. The molecule has 1 N–H and O–H groups in total. The number of aromatic nitrogens is 1. The molecule has 0 bridgehead atoms. The van der Waals surface area contributed by atoms with Gasteiger partial charge in [-0.1, -0.05) is 0 Å². The Labute approximate surface area is 142 Å². The number of pyridine rings is 1. The smallest absolute Gasteiger partial charge is 0.272 e. The van der Waals surface area contributed by atoms with E-state index in [2.05, 4.69) is 10.3 Å². The highest BCUT2D eigenvalue weighted by atomic mass is 16.5. The maximum atomic E-state index is 12.4.